The molecule has 1 atom stereocenters. The van der Waals surface area contributed by atoms with E-state index in [-0.39, 0.29) is 0 Å². The van der Waals surface area contributed by atoms with E-state index in [1.54, 1.807) is 5.32 Å². The number of aliphatic hydroxyl groups is 1. The summed E-state index contributed by atoms with van der Waals surface area (Å²) in [6.45, 7) is -1.03. The van der Waals surface area contributed by atoms with Crippen molar-refractivity contribution in [2.24, 2.45) is 0 Å². The van der Waals surface area contributed by atoms with E-state index >= 15 is 0 Å². The second-order valence-corrected chi connectivity index (χ2v) is 4.50. The second-order valence-electron chi connectivity index (χ2n) is 4.50. The fraction of sp³-hybridized carbons (Fsp3) is 0.167. The first-order valence-electron chi connectivity index (χ1n) is 6.36. The molecule has 1 unspecified atom stereocenters. The topological polar surface area (TPSA) is 109 Å². The van der Waals surface area contributed by atoms with Crippen LogP contribution in [0.5, 0.6) is 0 Å². The SMILES string of the molecule is O=C(NC(CO)C(=O)Nn1cnnc1)c1c(F)c(F)c(F)c(F)c1F. The highest BCUT2D eigenvalue weighted by atomic mass is 19.2. The van der Waals surface area contributed by atoms with Crippen molar-refractivity contribution in [3.05, 3.63) is 47.3 Å². The van der Waals surface area contributed by atoms with Crippen molar-refractivity contribution < 1.29 is 36.6 Å². The van der Waals surface area contributed by atoms with Gasteiger partial charge in [-0.15, -0.1) is 10.2 Å². The molecule has 25 heavy (non-hydrogen) atoms. The molecule has 0 saturated heterocycles. The lowest BCUT2D eigenvalue weighted by Crippen LogP contribution is -2.48. The molecular formula is C12H8F5N5O3. The predicted molar refractivity (Wildman–Crippen MR) is 69.0 cm³/mol. The summed E-state index contributed by atoms with van der Waals surface area (Å²) in [5.41, 5.74) is 0.288. The Morgan fingerprint density at radius 2 is 1.48 bits per heavy atom. The van der Waals surface area contributed by atoms with Crippen LogP contribution >= 0.6 is 0 Å². The average molecular weight is 365 g/mol. The standard InChI is InChI=1S/C12H8F5N5O3/c13-6-5(7(14)9(16)10(17)8(6)15)12(25)20-4(1-23)11(24)21-22-2-18-19-3-22/h2-4,23H,1H2,(H,20,25)(H,21,24). The molecule has 0 aliphatic heterocycles. The fourth-order valence-electron chi connectivity index (χ4n) is 1.69. The molecule has 0 saturated carbocycles. The predicted octanol–water partition coefficient (Wildman–Crippen LogP) is -0.165. The van der Waals surface area contributed by atoms with E-state index in [1.807, 2.05) is 0 Å². The van der Waals surface area contributed by atoms with Gasteiger partial charge >= 0.3 is 0 Å². The zero-order valence-corrected chi connectivity index (χ0v) is 11.9. The number of amides is 2. The molecule has 1 aromatic carbocycles. The molecule has 0 bridgehead atoms. The quantitative estimate of drug-likeness (QED) is 0.387. The third kappa shape index (κ3) is 3.55. The molecule has 0 spiro atoms. The first kappa shape index (κ1) is 18.3. The van der Waals surface area contributed by atoms with E-state index in [1.165, 1.54) is 0 Å². The summed E-state index contributed by atoms with van der Waals surface area (Å²) in [6, 6.07) is -1.76. The smallest absolute Gasteiger partial charge is 0.263 e. The van der Waals surface area contributed by atoms with Crippen LogP contribution in [0.3, 0.4) is 0 Å². The van der Waals surface area contributed by atoms with Crippen LogP contribution in [0.4, 0.5) is 22.0 Å². The molecule has 2 rings (SSSR count). The third-order valence-corrected chi connectivity index (χ3v) is 2.90. The molecule has 0 radical (unpaired) electrons. The van der Waals surface area contributed by atoms with Crippen molar-refractivity contribution in [3.63, 3.8) is 0 Å². The van der Waals surface area contributed by atoms with Gasteiger partial charge in [-0.3, -0.25) is 15.0 Å². The van der Waals surface area contributed by atoms with Crippen LogP contribution in [0.25, 0.3) is 0 Å². The molecule has 1 aromatic heterocycles. The molecule has 2 amide bonds. The Hall–Kier alpha value is -3.09. The summed E-state index contributed by atoms with van der Waals surface area (Å²) in [5, 5.41) is 17.5. The van der Waals surface area contributed by atoms with Gasteiger partial charge in [0.05, 0.1) is 6.61 Å². The Labute approximate surface area is 135 Å². The lowest BCUT2D eigenvalue weighted by Gasteiger charge is -2.17. The van der Waals surface area contributed by atoms with Crippen LogP contribution in [0, 0.1) is 29.1 Å². The van der Waals surface area contributed by atoms with E-state index in [0.717, 1.165) is 17.3 Å². The minimum atomic E-state index is -2.43. The molecule has 3 N–H and O–H groups in total. The van der Waals surface area contributed by atoms with Gasteiger partial charge in [-0.05, 0) is 0 Å². The molecule has 0 aliphatic rings. The monoisotopic (exact) mass is 365 g/mol. The van der Waals surface area contributed by atoms with Gasteiger partial charge in [-0.1, -0.05) is 0 Å². The lowest BCUT2D eigenvalue weighted by atomic mass is 10.1. The Morgan fingerprint density at radius 1 is 1.00 bits per heavy atom. The molecule has 1 heterocycles. The van der Waals surface area contributed by atoms with Crippen molar-refractivity contribution in [2.75, 3.05) is 12.0 Å². The van der Waals surface area contributed by atoms with E-state index in [2.05, 4.69) is 15.6 Å². The van der Waals surface area contributed by atoms with Gasteiger partial charge in [-0.2, -0.15) is 0 Å². The molecule has 0 fully saturated rings. The highest BCUT2D eigenvalue weighted by Gasteiger charge is 2.31. The highest BCUT2D eigenvalue weighted by Crippen LogP contribution is 2.22. The maximum Gasteiger partial charge on any atom is 0.263 e. The Balaban J connectivity index is 2.24. The van der Waals surface area contributed by atoms with Crippen molar-refractivity contribution in [3.8, 4) is 0 Å². The number of carbonyl (C=O) groups is 2. The van der Waals surface area contributed by atoms with Gasteiger partial charge in [0.1, 0.15) is 24.3 Å². The van der Waals surface area contributed by atoms with Crippen LogP contribution < -0.4 is 10.7 Å². The maximum absolute atomic E-state index is 13.5. The summed E-state index contributed by atoms with van der Waals surface area (Å²) < 4.78 is 67.2. The number of halogens is 5. The zero-order valence-electron chi connectivity index (χ0n) is 11.9. The number of hydrogen-bond donors (Lipinski definition) is 3. The summed E-state index contributed by atoms with van der Waals surface area (Å²) in [6.07, 6.45) is 2.08. The first-order valence-corrected chi connectivity index (χ1v) is 6.36. The van der Waals surface area contributed by atoms with Crippen molar-refractivity contribution in [2.45, 2.75) is 6.04 Å². The van der Waals surface area contributed by atoms with Gasteiger partial charge in [-0.25, -0.2) is 26.6 Å². The minimum absolute atomic E-state index is 0.926. The number of carbonyl (C=O) groups excluding carboxylic acids is 2. The van der Waals surface area contributed by atoms with Crippen LogP contribution in [0.1, 0.15) is 10.4 Å². The minimum Gasteiger partial charge on any atom is -0.394 e. The number of nitrogens with zero attached hydrogens (tertiary/aromatic N) is 3. The van der Waals surface area contributed by atoms with E-state index in [0.29, 0.717) is 0 Å². The Kier molecular flexibility index (Phi) is 5.26. The van der Waals surface area contributed by atoms with Crippen LogP contribution in [-0.2, 0) is 4.79 Å². The van der Waals surface area contributed by atoms with Crippen LogP contribution in [-0.4, -0.2) is 44.4 Å². The van der Waals surface area contributed by atoms with Crippen LogP contribution in [0.2, 0.25) is 0 Å². The molecule has 0 aliphatic carbocycles. The number of benzene rings is 1. The van der Waals surface area contributed by atoms with E-state index in [4.69, 9.17) is 5.11 Å². The zero-order chi connectivity index (χ0) is 18.7. The molecular weight excluding hydrogens is 357 g/mol. The molecule has 8 nitrogen and oxygen atoms in total. The largest absolute Gasteiger partial charge is 0.394 e. The molecule has 134 valence electrons. The average Bonchev–Trinajstić information content (AvgIpc) is 3.09. The second kappa shape index (κ2) is 7.21. The van der Waals surface area contributed by atoms with Crippen LogP contribution in [0.15, 0.2) is 12.7 Å². The Bertz CT molecular complexity index is 785. The van der Waals surface area contributed by atoms with Crippen molar-refractivity contribution in [1.29, 1.82) is 0 Å². The number of nitrogens with one attached hydrogen (secondary N) is 2. The highest BCUT2D eigenvalue weighted by molar-refractivity contribution is 5.99. The molecule has 2 aromatic rings. The van der Waals surface area contributed by atoms with Crippen molar-refractivity contribution >= 4 is 11.8 Å². The summed E-state index contributed by atoms with van der Waals surface area (Å²) in [4.78, 5) is 23.6. The lowest BCUT2D eigenvalue weighted by molar-refractivity contribution is -0.119. The first-order chi connectivity index (χ1) is 11.8. The number of rotatable bonds is 5. The van der Waals surface area contributed by atoms with Gasteiger partial charge < -0.3 is 10.4 Å². The summed E-state index contributed by atoms with van der Waals surface area (Å²) >= 11 is 0. The van der Waals surface area contributed by atoms with Gasteiger partial charge in [0, 0.05) is 0 Å². The normalized spacial score (nSPS) is 11.9. The number of aromatic nitrogens is 3. The summed E-state index contributed by atoms with van der Waals surface area (Å²) in [7, 11) is 0. The maximum atomic E-state index is 13.5. The van der Waals surface area contributed by atoms with E-state index < -0.39 is 59.1 Å². The van der Waals surface area contributed by atoms with Gasteiger partial charge in [0.2, 0.25) is 5.82 Å². The number of aliphatic hydroxyl groups excluding tert-OH is 1. The number of hydrogen-bond acceptors (Lipinski definition) is 5. The fourth-order valence-corrected chi connectivity index (χ4v) is 1.69. The molecule has 13 heteroatoms. The third-order valence-electron chi connectivity index (χ3n) is 2.90. The van der Waals surface area contributed by atoms with Gasteiger partial charge in [0.15, 0.2) is 23.3 Å². The van der Waals surface area contributed by atoms with Crippen molar-refractivity contribution in [1.82, 2.24) is 20.2 Å². The van der Waals surface area contributed by atoms with Gasteiger partial charge in [0.25, 0.3) is 11.8 Å². The van der Waals surface area contributed by atoms with E-state index in [9.17, 15) is 31.5 Å². The summed E-state index contributed by atoms with van der Waals surface area (Å²) in [5.74, 6) is -14.7. The Morgan fingerprint density at radius 3 is 1.96 bits per heavy atom.